The second-order valence-corrected chi connectivity index (χ2v) is 5.89. The summed E-state index contributed by atoms with van der Waals surface area (Å²) in [6.07, 6.45) is 6.14. The molecule has 1 N–H and O–H groups in total. The maximum Gasteiger partial charge on any atom is 0.0359 e. The summed E-state index contributed by atoms with van der Waals surface area (Å²) in [4.78, 5) is 2.60. The SMILES string of the molecule is CCCn1cccc1CNCCN1CCC(C)CC1. The van der Waals surface area contributed by atoms with E-state index in [1.807, 2.05) is 0 Å². The van der Waals surface area contributed by atoms with Crippen LogP contribution in [0.25, 0.3) is 0 Å². The van der Waals surface area contributed by atoms with Gasteiger partial charge in [0.05, 0.1) is 0 Å². The van der Waals surface area contributed by atoms with Crippen molar-refractivity contribution in [3.05, 3.63) is 24.0 Å². The third-order valence-electron chi connectivity index (χ3n) is 4.18. The molecule has 1 saturated heterocycles. The Hall–Kier alpha value is -0.800. The summed E-state index contributed by atoms with van der Waals surface area (Å²) >= 11 is 0. The molecule has 3 nitrogen and oxygen atoms in total. The predicted molar refractivity (Wildman–Crippen MR) is 81.3 cm³/mol. The number of hydrogen-bond acceptors (Lipinski definition) is 2. The number of nitrogens with zero attached hydrogens (tertiary/aromatic N) is 2. The van der Waals surface area contributed by atoms with Crippen LogP contribution in [0, 0.1) is 5.92 Å². The number of hydrogen-bond donors (Lipinski definition) is 1. The van der Waals surface area contributed by atoms with Crippen LogP contribution in [0.5, 0.6) is 0 Å². The van der Waals surface area contributed by atoms with Crippen LogP contribution in [-0.2, 0) is 13.1 Å². The minimum atomic E-state index is 0.932. The van der Waals surface area contributed by atoms with Gasteiger partial charge in [0.1, 0.15) is 0 Å². The zero-order valence-corrected chi connectivity index (χ0v) is 12.6. The normalized spacial score (nSPS) is 18.0. The van der Waals surface area contributed by atoms with Crippen molar-refractivity contribution in [1.29, 1.82) is 0 Å². The molecular weight excluding hydrogens is 234 g/mol. The summed E-state index contributed by atoms with van der Waals surface area (Å²) in [6.45, 7) is 11.6. The minimum absolute atomic E-state index is 0.932. The number of aromatic nitrogens is 1. The van der Waals surface area contributed by atoms with E-state index < -0.39 is 0 Å². The van der Waals surface area contributed by atoms with Crippen LogP contribution in [0.1, 0.15) is 38.8 Å². The average Bonchev–Trinajstić information content (AvgIpc) is 2.85. The van der Waals surface area contributed by atoms with Gasteiger partial charge in [0.25, 0.3) is 0 Å². The molecule has 0 bridgehead atoms. The van der Waals surface area contributed by atoms with Gasteiger partial charge in [-0.3, -0.25) is 0 Å². The van der Waals surface area contributed by atoms with Gasteiger partial charge in [-0.1, -0.05) is 13.8 Å². The highest BCUT2D eigenvalue weighted by atomic mass is 15.1. The Morgan fingerprint density at radius 2 is 2.05 bits per heavy atom. The summed E-state index contributed by atoms with van der Waals surface area (Å²) in [5.41, 5.74) is 1.41. The summed E-state index contributed by atoms with van der Waals surface area (Å²) in [5.74, 6) is 0.932. The predicted octanol–water partition coefficient (Wildman–Crippen LogP) is 2.72. The smallest absolute Gasteiger partial charge is 0.0359 e. The van der Waals surface area contributed by atoms with Gasteiger partial charge in [0, 0.05) is 38.1 Å². The number of piperidine rings is 1. The molecule has 1 aromatic heterocycles. The van der Waals surface area contributed by atoms with Gasteiger partial charge >= 0.3 is 0 Å². The Labute approximate surface area is 118 Å². The van der Waals surface area contributed by atoms with Crippen LogP contribution in [-0.4, -0.2) is 35.6 Å². The van der Waals surface area contributed by atoms with Crippen molar-refractivity contribution < 1.29 is 0 Å². The lowest BCUT2D eigenvalue weighted by Crippen LogP contribution is -2.37. The van der Waals surface area contributed by atoms with Crippen molar-refractivity contribution >= 4 is 0 Å². The van der Waals surface area contributed by atoms with Crippen molar-refractivity contribution in [3.63, 3.8) is 0 Å². The molecule has 108 valence electrons. The summed E-state index contributed by atoms with van der Waals surface area (Å²) < 4.78 is 2.36. The Bertz CT molecular complexity index is 351. The molecule has 0 radical (unpaired) electrons. The van der Waals surface area contributed by atoms with E-state index in [0.717, 1.165) is 25.6 Å². The fourth-order valence-corrected chi connectivity index (χ4v) is 2.81. The summed E-state index contributed by atoms with van der Waals surface area (Å²) in [6, 6.07) is 4.38. The first kappa shape index (κ1) is 14.6. The quantitative estimate of drug-likeness (QED) is 0.763. The third kappa shape index (κ3) is 4.66. The van der Waals surface area contributed by atoms with Gasteiger partial charge in [-0.15, -0.1) is 0 Å². The molecular formula is C16H29N3. The molecule has 0 aliphatic carbocycles. The fraction of sp³-hybridized carbons (Fsp3) is 0.750. The summed E-state index contributed by atoms with van der Waals surface area (Å²) in [5, 5.41) is 3.58. The molecule has 0 atom stereocenters. The van der Waals surface area contributed by atoms with E-state index in [9.17, 15) is 0 Å². The van der Waals surface area contributed by atoms with Crippen LogP contribution in [0.4, 0.5) is 0 Å². The van der Waals surface area contributed by atoms with E-state index in [-0.39, 0.29) is 0 Å². The Balaban J connectivity index is 1.62. The highest BCUT2D eigenvalue weighted by Gasteiger charge is 2.14. The van der Waals surface area contributed by atoms with Gasteiger partial charge < -0.3 is 14.8 Å². The lowest BCUT2D eigenvalue weighted by atomic mass is 9.99. The lowest BCUT2D eigenvalue weighted by Gasteiger charge is -2.30. The van der Waals surface area contributed by atoms with Gasteiger partial charge in [-0.2, -0.15) is 0 Å². The maximum atomic E-state index is 3.58. The standard InChI is InChI=1S/C16H29N3/c1-3-9-19-10-4-5-16(19)14-17-8-13-18-11-6-15(2)7-12-18/h4-5,10,15,17H,3,6-9,11-14H2,1-2H3. The molecule has 0 saturated carbocycles. The van der Waals surface area contributed by atoms with E-state index in [0.29, 0.717) is 0 Å². The van der Waals surface area contributed by atoms with Gasteiger partial charge in [0.2, 0.25) is 0 Å². The highest BCUT2D eigenvalue weighted by Crippen LogP contribution is 2.15. The molecule has 0 aromatic carbocycles. The molecule has 2 rings (SSSR count). The Morgan fingerprint density at radius 3 is 2.79 bits per heavy atom. The third-order valence-corrected chi connectivity index (χ3v) is 4.18. The van der Waals surface area contributed by atoms with Crippen LogP contribution >= 0.6 is 0 Å². The number of rotatable bonds is 7. The van der Waals surface area contributed by atoms with E-state index >= 15 is 0 Å². The van der Waals surface area contributed by atoms with Crippen molar-refractivity contribution in [2.75, 3.05) is 26.2 Å². The van der Waals surface area contributed by atoms with E-state index in [1.54, 1.807) is 0 Å². The number of aryl methyl sites for hydroxylation is 1. The molecule has 19 heavy (non-hydrogen) atoms. The van der Waals surface area contributed by atoms with Crippen LogP contribution < -0.4 is 5.32 Å². The van der Waals surface area contributed by atoms with Crippen LogP contribution in [0.15, 0.2) is 18.3 Å². The second kappa shape index (κ2) is 7.71. The minimum Gasteiger partial charge on any atom is -0.350 e. The topological polar surface area (TPSA) is 20.2 Å². The zero-order valence-electron chi connectivity index (χ0n) is 12.6. The van der Waals surface area contributed by atoms with Crippen molar-refractivity contribution in [2.45, 2.75) is 46.2 Å². The molecule has 3 heteroatoms. The lowest BCUT2D eigenvalue weighted by molar-refractivity contribution is 0.193. The van der Waals surface area contributed by atoms with E-state index in [2.05, 4.69) is 47.0 Å². The zero-order chi connectivity index (χ0) is 13.5. The van der Waals surface area contributed by atoms with Crippen LogP contribution in [0.2, 0.25) is 0 Å². The Morgan fingerprint density at radius 1 is 1.26 bits per heavy atom. The van der Waals surface area contributed by atoms with E-state index in [1.165, 1.54) is 44.6 Å². The number of likely N-dealkylation sites (tertiary alicyclic amines) is 1. The van der Waals surface area contributed by atoms with Gasteiger partial charge in [-0.25, -0.2) is 0 Å². The molecule has 0 unspecified atom stereocenters. The van der Waals surface area contributed by atoms with Gasteiger partial charge in [-0.05, 0) is 50.4 Å². The van der Waals surface area contributed by atoms with E-state index in [4.69, 9.17) is 0 Å². The molecule has 1 aromatic rings. The van der Waals surface area contributed by atoms with Crippen molar-refractivity contribution in [1.82, 2.24) is 14.8 Å². The first-order chi connectivity index (χ1) is 9.29. The fourth-order valence-electron chi connectivity index (χ4n) is 2.81. The second-order valence-electron chi connectivity index (χ2n) is 5.89. The average molecular weight is 263 g/mol. The van der Waals surface area contributed by atoms with Gasteiger partial charge in [0.15, 0.2) is 0 Å². The van der Waals surface area contributed by atoms with Crippen molar-refractivity contribution in [3.8, 4) is 0 Å². The molecule has 0 amide bonds. The maximum absolute atomic E-state index is 3.58. The Kier molecular flexibility index (Phi) is 5.93. The van der Waals surface area contributed by atoms with Crippen LogP contribution in [0.3, 0.4) is 0 Å². The molecule has 2 heterocycles. The molecule has 1 fully saturated rings. The highest BCUT2D eigenvalue weighted by molar-refractivity contribution is 5.06. The first-order valence-corrected chi connectivity index (χ1v) is 7.86. The molecule has 1 aliphatic rings. The molecule has 0 spiro atoms. The first-order valence-electron chi connectivity index (χ1n) is 7.86. The summed E-state index contributed by atoms with van der Waals surface area (Å²) in [7, 11) is 0. The number of nitrogens with one attached hydrogen (secondary N) is 1. The van der Waals surface area contributed by atoms with Crippen molar-refractivity contribution in [2.24, 2.45) is 5.92 Å². The largest absolute Gasteiger partial charge is 0.350 e. The molecule has 1 aliphatic heterocycles. The monoisotopic (exact) mass is 263 g/mol.